The van der Waals surface area contributed by atoms with E-state index in [1.165, 1.54) is 0 Å². The van der Waals surface area contributed by atoms with E-state index in [0.29, 0.717) is 69.8 Å². The summed E-state index contributed by atoms with van der Waals surface area (Å²) in [6.45, 7) is 5.49. The van der Waals surface area contributed by atoms with Gasteiger partial charge in [-0.25, -0.2) is 9.97 Å². The molecule has 238 valence electrons. The Morgan fingerprint density at radius 2 is 1.40 bits per heavy atom. The second kappa shape index (κ2) is 13.5. The van der Waals surface area contributed by atoms with Crippen molar-refractivity contribution >= 4 is 46.4 Å². The van der Waals surface area contributed by atoms with Crippen LogP contribution in [0.1, 0.15) is 57.1 Å². The number of ether oxygens (including phenoxy) is 4. The summed E-state index contributed by atoms with van der Waals surface area (Å²) in [5.74, 6) is -0.588. The topological polar surface area (TPSA) is 98.3 Å². The maximum atomic E-state index is 6.58. The van der Waals surface area contributed by atoms with Crippen LogP contribution in [0.3, 0.4) is 0 Å². The maximum Gasteiger partial charge on any atom is 0.280 e. The van der Waals surface area contributed by atoms with Gasteiger partial charge in [-0.15, -0.1) is 10.2 Å². The molecular weight excluding hydrogens is 662 g/mol. The van der Waals surface area contributed by atoms with E-state index in [-0.39, 0.29) is 6.10 Å². The fourth-order valence-corrected chi connectivity index (χ4v) is 6.55. The zero-order valence-corrected chi connectivity index (χ0v) is 27.8. The van der Waals surface area contributed by atoms with Crippen molar-refractivity contribution in [2.75, 3.05) is 6.61 Å². The molecule has 0 radical (unpaired) electrons. The van der Waals surface area contributed by atoms with Gasteiger partial charge >= 0.3 is 0 Å². The van der Waals surface area contributed by atoms with Gasteiger partial charge in [0.25, 0.3) is 5.79 Å². The molecule has 4 aromatic rings. The van der Waals surface area contributed by atoms with Gasteiger partial charge in [0, 0.05) is 41.4 Å². The monoisotopic (exact) mass is 692 g/mol. The van der Waals surface area contributed by atoms with Gasteiger partial charge in [-0.1, -0.05) is 66.3 Å². The van der Waals surface area contributed by atoms with Crippen molar-refractivity contribution in [2.45, 2.75) is 76.7 Å². The molecule has 1 fully saturated rings. The summed E-state index contributed by atoms with van der Waals surface area (Å²) < 4.78 is 28.5. The lowest BCUT2D eigenvalue weighted by Crippen LogP contribution is -2.30. The van der Waals surface area contributed by atoms with Crippen LogP contribution >= 0.6 is 46.4 Å². The number of aromatic nitrogens is 6. The molecule has 4 heterocycles. The highest BCUT2D eigenvalue weighted by Gasteiger charge is 2.44. The predicted octanol–water partition coefficient (Wildman–Crippen LogP) is 8.15. The molecule has 2 aliphatic rings. The Balaban J connectivity index is 1.14. The number of halogens is 4. The van der Waals surface area contributed by atoms with Gasteiger partial charge < -0.3 is 18.9 Å². The van der Waals surface area contributed by atoms with Crippen LogP contribution in [0, 0.1) is 0 Å². The molecule has 2 aromatic carbocycles. The summed E-state index contributed by atoms with van der Waals surface area (Å²) in [5.41, 5.74) is 1.42. The Hall–Kier alpha value is -2.86. The number of nitrogens with zero attached hydrogens (tertiary/aromatic N) is 6. The largest absolute Gasteiger partial charge is 0.452 e. The average Bonchev–Trinajstić information content (AvgIpc) is 3.82. The second-order valence-electron chi connectivity index (χ2n) is 10.9. The standard InChI is InChI=1S/C31H32Cl4N6O4/c1-3-5-23-17-43-31(45-23,25-9-7-21(33)15-27(25)35)11-13-41-19-37-29(39-41)28-36-18-40(38-28)12-10-30(42-16-22(4-2)44-30)24-8-6-20(32)14-26(24)34/h6-9,14-15,17-19,22H,3-5,10-13,16H2,1-2H3. The molecule has 0 amide bonds. The summed E-state index contributed by atoms with van der Waals surface area (Å²) in [4.78, 5) is 8.90. The fraction of sp³-hybridized carbons (Fsp3) is 0.419. The highest BCUT2D eigenvalue weighted by Crippen LogP contribution is 2.44. The van der Waals surface area contributed by atoms with Crippen molar-refractivity contribution in [3.05, 3.63) is 92.3 Å². The first-order chi connectivity index (χ1) is 21.7. The fourth-order valence-electron chi connectivity index (χ4n) is 5.44. The van der Waals surface area contributed by atoms with Gasteiger partial charge in [0.15, 0.2) is 5.79 Å². The summed E-state index contributed by atoms with van der Waals surface area (Å²) in [6, 6.07) is 10.6. The molecule has 3 unspecified atom stereocenters. The Morgan fingerprint density at radius 1 is 0.822 bits per heavy atom. The smallest absolute Gasteiger partial charge is 0.280 e. The SMILES string of the molecule is CCCC1=COC(CCn2cnc(-c3ncn(CCC4(c5ccc(Cl)cc5Cl)OCC(CC)O4)n3)n2)(c2ccc(Cl)cc2Cl)O1. The predicted molar refractivity (Wildman–Crippen MR) is 171 cm³/mol. The maximum absolute atomic E-state index is 6.58. The van der Waals surface area contributed by atoms with Crippen LogP contribution in [-0.4, -0.2) is 42.2 Å². The van der Waals surface area contributed by atoms with Crippen LogP contribution in [0.2, 0.25) is 20.1 Å². The van der Waals surface area contributed by atoms with Crippen LogP contribution in [0.15, 0.2) is 61.1 Å². The van der Waals surface area contributed by atoms with Crippen molar-refractivity contribution in [1.82, 2.24) is 29.5 Å². The second-order valence-corrected chi connectivity index (χ2v) is 12.6. The lowest BCUT2D eigenvalue weighted by atomic mass is 10.0. The molecule has 3 atom stereocenters. The molecule has 14 heteroatoms. The third-order valence-electron chi connectivity index (χ3n) is 7.78. The highest BCUT2D eigenvalue weighted by atomic mass is 35.5. The molecule has 2 aromatic heterocycles. The van der Waals surface area contributed by atoms with E-state index >= 15 is 0 Å². The molecule has 0 N–H and O–H groups in total. The summed E-state index contributed by atoms with van der Waals surface area (Å²) in [6.07, 6.45) is 8.24. The molecule has 0 bridgehead atoms. The molecule has 1 saturated heterocycles. The third kappa shape index (κ3) is 6.82. The molecule has 2 aliphatic heterocycles. The number of allylic oxidation sites excluding steroid dienone is 1. The molecule has 10 nitrogen and oxygen atoms in total. The van der Waals surface area contributed by atoms with Gasteiger partial charge in [0.2, 0.25) is 11.6 Å². The Morgan fingerprint density at radius 3 is 1.93 bits per heavy atom. The first kappa shape index (κ1) is 32.1. The number of hydrogen-bond donors (Lipinski definition) is 0. The average molecular weight is 694 g/mol. The minimum atomic E-state index is -1.11. The van der Waals surface area contributed by atoms with Crippen LogP contribution < -0.4 is 0 Å². The lowest BCUT2D eigenvalue weighted by molar-refractivity contribution is -0.184. The van der Waals surface area contributed by atoms with Crippen LogP contribution in [-0.2, 0) is 43.6 Å². The van der Waals surface area contributed by atoms with E-state index in [9.17, 15) is 0 Å². The highest BCUT2D eigenvalue weighted by molar-refractivity contribution is 6.35. The molecule has 0 spiro atoms. The lowest BCUT2D eigenvalue weighted by Gasteiger charge is -2.30. The Labute approximate surface area is 281 Å². The minimum absolute atomic E-state index is 0.0416. The number of hydrogen-bond acceptors (Lipinski definition) is 8. The van der Waals surface area contributed by atoms with Gasteiger partial charge in [-0.3, -0.25) is 9.36 Å². The first-order valence-electron chi connectivity index (χ1n) is 14.8. The van der Waals surface area contributed by atoms with Crippen molar-refractivity contribution < 1.29 is 18.9 Å². The van der Waals surface area contributed by atoms with Crippen LogP contribution in [0.4, 0.5) is 0 Å². The van der Waals surface area contributed by atoms with Gasteiger partial charge in [0.05, 0.1) is 34.9 Å². The number of benzene rings is 2. The van der Waals surface area contributed by atoms with Crippen LogP contribution in [0.5, 0.6) is 0 Å². The van der Waals surface area contributed by atoms with Crippen molar-refractivity contribution in [1.29, 1.82) is 0 Å². The summed E-state index contributed by atoms with van der Waals surface area (Å²) in [7, 11) is 0. The van der Waals surface area contributed by atoms with E-state index in [1.807, 2.05) is 12.1 Å². The molecule has 45 heavy (non-hydrogen) atoms. The Kier molecular flexibility index (Phi) is 9.61. The molecule has 0 saturated carbocycles. The zero-order chi connectivity index (χ0) is 31.6. The van der Waals surface area contributed by atoms with Gasteiger partial charge in [-0.05, 0) is 43.2 Å². The summed E-state index contributed by atoms with van der Waals surface area (Å²) in [5, 5.41) is 11.3. The number of rotatable bonds is 12. The molecule has 0 aliphatic carbocycles. The molecular formula is C31H32Cl4N6O4. The van der Waals surface area contributed by atoms with E-state index < -0.39 is 11.6 Å². The quantitative estimate of drug-likeness (QED) is 0.147. The van der Waals surface area contributed by atoms with Gasteiger partial charge in [0.1, 0.15) is 24.7 Å². The summed E-state index contributed by atoms with van der Waals surface area (Å²) >= 11 is 25.5. The third-order valence-corrected chi connectivity index (χ3v) is 8.88. The van der Waals surface area contributed by atoms with E-state index in [0.717, 1.165) is 30.6 Å². The normalized spacial score (nSPS) is 22.8. The van der Waals surface area contributed by atoms with Gasteiger partial charge in [-0.2, -0.15) is 0 Å². The van der Waals surface area contributed by atoms with Crippen molar-refractivity contribution in [3.8, 4) is 11.6 Å². The van der Waals surface area contributed by atoms with E-state index in [2.05, 4.69) is 34.0 Å². The minimum Gasteiger partial charge on any atom is -0.452 e. The van der Waals surface area contributed by atoms with E-state index in [4.69, 9.17) is 65.4 Å². The first-order valence-corrected chi connectivity index (χ1v) is 16.3. The Bertz CT molecular complexity index is 1700. The van der Waals surface area contributed by atoms with Crippen molar-refractivity contribution in [2.24, 2.45) is 0 Å². The van der Waals surface area contributed by atoms with Crippen molar-refractivity contribution in [3.63, 3.8) is 0 Å². The van der Waals surface area contributed by atoms with Crippen LogP contribution in [0.25, 0.3) is 11.6 Å². The number of aryl methyl sites for hydroxylation is 2. The molecule has 6 rings (SSSR count). The van der Waals surface area contributed by atoms with E-state index in [1.54, 1.807) is 52.5 Å². The zero-order valence-electron chi connectivity index (χ0n) is 24.8.